The van der Waals surface area contributed by atoms with Crippen molar-refractivity contribution in [2.75, 3.05) is 32.8 Å². The summed E-state index contributed by atoms with van der Waals surface area (Å²) in [6, 6.07) is 11.1. The molecule has 1 saturated heterocycles. The van der Waals surface area contributed by atoms with Crippen molar-refractivity contribution in [2.24, 2.45) is 5.92 Å². The maximum absolute atomic E-state index is 13.0. The zero-order chi connectivity index (χ0) is 24.8. The fraction of sp³-hybridized carbons (Fsp3) is 0.429. The number of rotatable bonds is 9. The smallest absolute Gasteiger partial charge is 0.251 e. The predicted molar refractivity (Wildman–Crippen MR) is 132 cm³/mol. The van der Waals surface area contributed by atoms with E-state index in [1.165, 1.54) is 24.3 Å². The summed E-state index contributed by atoms with van der Waals surface area (Å²) in [5.74, 6) is 1.55. The second-order valence-electron chi connectivity index (χ2n) is 9.43. The highest BCUT2D eigenvalue weighted by atomic mass is 19.1. The minimum Gasteiger partial charge on any atom is -0.493 e. The van der Waals surface area contributed by atoms with Gasteiger partial charge in [-0.1, -0.05) is 6.07 Å². The summed E-state index contributed by atoms with van der Waals surface area (Å²) < 4.78 is 24.7. The van der Waals surface area contributed by atoms with E-state index in [9.17, 15) is 14.0 Å². The lowest BCUT2D eigenvalue weighted by Gasteiger charge is -2.32. The molecule has 0 unspecified atom stereocenters. The third-order valence-electron chi connectivity index (χ3n) is 6.62. The van der Waals surface area contributed by atoms with Crippen molar-refractivity contribution in [3.8, 4) is 11.5 Å². The van der Waals surface area contributed by atoms with E-state index in [1.807, 2.05) is 26.0 Å². The lowest BCUT2D eigenvalue weighted by Crippen LogP contribution is -2.36. The first kappa shape index (κ1) is 24.9. The van der Waals surface area contributed by atoms with E-state index < -0.39 is 0 Å². The van der Waals surface area contributed by atoms with Crippen LogP contribution in [0, 0.1) is 11.7 Å². The van der Waals surface area contributed by atoms with Crippen LogP contribution in [0.25, 0.3) is 0 Å². The molecule has 6 nitrogen and oxygen atoms in total. The van der Waals surface area contributed by atoms with Crippen LogP contribution in [-0.2, 0) is 0 Å². The van der Waals surface area contributed by atoms with Gasteiger partial charge in [-0.2, -0.15) is 0 Å². The molecule has 2 aromatic rings. The number of carbonyl (C=O) groups is 2. The van der Waals surface area contributed by atoms with Gasteiger partial charge >= 0.3 is 0 Å². The number of carbonyl (C=O) groups excluding carboxylic acids is 2. The normalized spacial score (nSPS) is 16.1. The molecule has 35 heavy (non-hydrogen) atoms. The minimum absolute atomic E-state index is 0.105. The summed E-state index contributed by atoms with van der Waals surface area (Å²) in [5.41, 5.74) is 1.87. The number of benzene rings is 2. The van der Waals surface area contributed by atoms with Gasteiger partial charge in [0.15, 0.2) is 5.76 Å². The van der Waals surface area contributed by atoms with Gasteiger partial charge in [-0.15, -0.1) is 0 Å². The molecule has 0 spiro atoms. The van der Waals surface area contributed by atoms with Crippen LogP contribution in [0.3, 0.4) is 0 Å². The van der Waals surface area contributed by atoms with Crippen molar-refractivity contribution in [3.63, 3.8) is 0 Å². The standard InChI is InChI=1S/C28H33FN2O4/c1-19(2)27-26(32)25-23(5-3-6-24(25)35-27)34-18-4-15-31-16-12-20(13-17-31)11-14-30-28(33)21-7-9-22(29)10-8-21/h3,5-10,20H,4,11-18H2,1-2H3,(H,30,33). The quantitative estimate of drug-likeness (QED) is 0.404. The minimum atomic E-state index is -0.341. The molecule has 0 bridgehead atoms. The fourth-order valence-corrected chi connectivity index (χ4v) is 4.60. The van der Waals surface area contributed by atoms with E-state index in [-0.39, 0.29) is 17.5 Å². The fourth-order valence-electron chi connectivity index (χ4n) is 4.60. The molecule has 186 valence electrons. The second-order valence-corrected chi connectivity index (χ2v) is 9.43. The average molecular weight is 481 g/mol. The SMILES string of the molecule is CC(C)=C1Oc2cccc(OCCCN3CCC(CCNC(=O)c4ccc(F)cc4)CC3)c2C1=O. The Morgan fingerprint density at radius 1 is 1.14 bits per heavy atom. The molecule has 1 fully saturated rings. The van der Waals surface area contributed by atoms with E-state index in [4.69, 9.17) is 9.47 Å². The van der Waals surface area contributed by atoms with Gasteiger partial charge in [0.2, 0.25) is 5.78 Å². The number of fused-ring (bicyclic) bond motifs is 1. The Morgan fingerprint density at radius 2 is 1.89 bits per heavy atom. The van der Waals surface area contributed by atoms with Crippen molar-refractivity contribution in [2.45, 2.75) is 39.5 Å². The highest BCUT2D eigenvalue weighted by Crippen LogP contribution is 2.38. The Morgan fingerprint density at radius 3 is 2.60 bits per heavy atom. The Hall–Kier alpha value is -3.19. The molecule has 2 aliphatic heterocycles. The Balaban J connectivity index is 1.13. The highest BCUT2D eigenvalue weighted by molar-refractivity contribution is 6.14. The lowest BCUT2D eigenvalue weighted by atomic mass is 9.93. The number of halogens is 1. The molecule has 1 N–H and O–H groups in total. The number of nitrogens with one attached hydrogen (secondary N) is 1. The molecule has 0 aliphatic carbocycles. The van der Waals surface area contributed by atoms with Crippen LogP contribution in [0.5, 0.6) is 11.5 Å². The number of likely N-dealkylation sites (tertiary alicyclic amines) is 1. The third-order valence-corrected chi connectivity index (χ3v) is 6.62. The van der Waals surface area contributed by atoms with E-state index in [1.54, 1.807) is 6.07 Å². The van der Waals surface area contributed by atoms with Gasteiger partial charge in [0, 0.05) is 18.7 Å². The number of piperidine rings is 1. The highest BCUT2D eigenvalue weighted by Gasteiger charge is 2.31. The summed E-state index contributed by atoms with van der Waals surface area (Å²) >= 11 is 0. The van der Waals surface area contributed by atoms with Gasteiger partial charge in [-0.3, -0.25) is 9.59 Å². The average Bonchev–Trinajstić information content (AvgIpc) is 3.20. The molecular formula is C28H33FN2O4. The van der Waals surface area contributed by atoms with Crippen LogP contribution in [-0.4, -0.2) is 49.4 Å². The van der Waals surface area contributed by atoms with Gasteiger partial charge in [-0.25, -0.2) is 4.39 Å². The van der Waals surface area contributed by atoms with Crippen LogP contribution in [0.15, 0.2) is 53.8 Å². The topological polar surface area (TPSA) is 67.9 Å². The molecule has 0 aromatic heterocycles. The monoisotopic (exact) mass is 480 g/mol. The predicted octanol–water partition coefficient (Wildman–Crippen LogP) is 5.00. The van der Waals surface area contributed by atoms with Gasteiger partial charge < -0.3 is 19.7 Å². The van der Waals surface area contributed by atoms with Crippen LogP contribution in [0.4, 0.5) is 4.39 Å². The first-order chi connectivity index (χ1) is 16.9. The summed E-state index contributed by atoms with van der Waals surface area (Å²) in [6.07, 6.45) is 4.05. The maximum Gasteiger partial charge on any atom is 0.251 e. The van der Waals surface area contributed by atoms with Gasteiger partial charge in [-0.05, 0) is 101 Å². The summed E-state index contributed by atoms with van der Waals surface area (Å²) in [4.78, 5) is 27.2. The summed E-state index contributed by atoms with van der Waals surface area (Å²) in [6.45, 7) is 7.93. The number of hydrogen-bond acceptors (Lipinski definition) is 5. The number of Topliss-reactive ketones (excluding diaryl/α,β-unsaturated/α-hetero) is 1. The van der Waals surface area contributed by atoms with Crippen LogP contribution < -0.4 is 14.8 Å². The van der Waals surface area contributed by atoms with Gasteiger partial charge in [0.25, 0.3) is 5.91 Å². The summed E-state index contributed by atoms with van der Waals surface area (Å²) in [5, 5.41) is 2.94. The van der Waals surface area contributed by atoms with Crippen molar-refractivity contribution in [3.05, 3.63) is 70.7 Å². The zero-order valence-electron chi connectivity index (χ0n) is 20.4. The van der Waals surface area contributed by atoms with Gasteiger partial charge in [0.1, 0.15) is 22.9 Å². The number of ketones is 1. The second kappa shape index (κ2) is 11.5. The molecule has 7 heteroatoms. The van der Waals surface area contributed by atoms with Crippen molar-refractivity contribution in [1.29, 1.82) is 0 Å². The number of ether oxygens (including phenoxy) is 2. The summed E-state index contributed by atoms with van der Waals surface area (Å²) in [7, 11) is 0. The van der Waals surface area contributed by atoms with Crippen LogP contribution in [0.1, 0.15) is 60.2 Å². The van der Waals surface area contributed by atoms with E-state index in [0.717, 1.165) is 50.9 Å². The molecule has 2 aromatic carbocycles. The Kier molecular flexibility index (Phi) is 8.18. The number of amides is 1. The lowest BCUT2D eigenvalue weighted by molar-refractivity contribution is 0.0947. The Bertz CT molecular complexity index is 1080. The number of hydrogen-bond donors (Lipinski definition) is 1. The number of nitrogens with zero attached hydrogens (tertiary/aromatic N) is 1. The molecule has 4 rings (SSSR count). The van der Waals surface area contributed by atoms with Crippen molar-refractivity contribution >= 4 is 11.7 Å². The Labute approximate surface area is 206 Å². The van der Waals surface area contributed by atoms with Crippen molar-refractivity contribution in [1.82, 2.24) is 10.2 Å². The maximum atomic E-state index is 13.0. The van der Waals surface area contributed by atoms with Crippen molar-refractivity contribution < 1.29 is 23.5 Å². The first-order valence-corrected chi connectivity index (χ1v) is 12.3. The third kappa shape index (κ3) is 6.28. The molecule has 0 atom stereocenters. The molecule has 2 heterocycles. The first-order valence-electron chi connectivity index (χ1n) is 12.3. The molecule has 0 radical (unpaired) electrons. The van der Waals surface area contributed by atoms with Crippen LogP contribution >= 0.6 is 0 Å². The van der Waals surface area contributed by atoms with Crippen LogP contribution in [0.2, 0.25) is 0 Å². The largest absolute Gasteiger partial charge is 0.493 e. The molecule has 1 amide bonds. The zero-order valence-corrected chi connectivity index (χ0v) is 20.4. The van der Waals surface area contributed by atoms with E-state index in [0.29, 0.717) is 47.5 Å². The number of allylic oxidation sites excluding steroid dienone is 2. The molecule has 2 aliphatic rings. The van der Waals surface area contributed by atoms with E-state index in [2.05, 4.69) is 10.2 Å². The molecule has 0 saturated carbocycles. The van der Waals surface area contributed by atoms with Gasteiger partial charge in [0.05, 0.1) is 6.61 Å². The van der Waals surface area contributed by atoms with E-state index >= 15 is 0 Å². The molecular weight excluding hydrogens is 447 g/mol.